The van der Waals surface area contributed by atoms with Gasteiger partial charge in [-0.1, -0.05) is 54.1 Å². The van der Waals surface area contributed by atoms with E-state index in [4.69, 9.17) is 9.47 Å². The maximum absolute atomic E-state index is 14.1. The summed E-state index contributed by atoms with van der Waals surface area (Å²) in [7, 11) is 0. The lowest BCUT2D eigenvalue weighted by Gasteiger charge is -2.32. The summed E-state index contributed by atoms with van der Waals surface area (Å²) in [6.45, 7) is 13.0. The molecular weight excluding hydrogens is 536 g/mol. The summed E-state index contributed by atoms with van der Waals surface area (Å²) in [5.74, 6) is -1.99. The highest BCUT2D eigenvalue weighted by atomic mass is 16.6. The summed E-state index contributed by atoms with van der Waals surface area (Å²) in [6.07, 6.45) is -0.666. The molecule has 3 amide bonds. The topological polar surface area (TPSA) is 138 Å². The Balaban J connectivity index is 2.48. The van der Waals surface area contributed by atoms with E-state index in [1.54, 1.807) is 60.6 Å². The van der Waals surface area contributed by atoms with E-state index in [-0.39, 0.29) is 6.42 Å². The Kier molecular flexibility index (Phi) is 11.7. The molecule has 0 bridgehead atoms. The molecule has 0 aromatic heterocycles. The fourth-order valence-corrected chi connectivity index (χ4v) is 4.21. The van der Waals surface area contributed by atoms with Crippen molar-refractivity contribution < 1.29 is 28.7 Å². The second-order valence-electron chi connectivity index (χ2n) is 12.1. The third kappa shape index (κ3) is 10.9. The molecule has 0 aliphatic carbocycles. The molecule has 42 heavy (non-hydrogen) atoms. The van der Waals surface area contributed by atoms with Crippen LogP contribution in [0.5, 0.6) is 0 Å². The molecule has 10 heteroatoms. The summed E-state index contributed by atoms with van der Waals surface area (Å²) < 4.78 is 10.8. The largest absolute Gasteiger partial charge is 0.458 e. The highest BCUT2D eigenvalue weighted by Gasteiger charge is 2.36. The molecule has 2 rings (SSSR count). The van der Waals surface area contributed by atoms with Crippen LogP contribution < -0.4 is 10.6 Å². The van der Waals surface area contributed by atoms with Crippen LogP contribution in [0.25, 0.3) is 0 Å². The van der Waals surface area contributed by atoms with Crippen LogP contribution in [0, 0.1) is 25.2 Å². The Bertz CT molecular complexity index is 1310. The van der Waals surface area contributed by atoms with Crippen molar-refractivity contribution in [2.24, 2.45) is 0 Å². The molecule has 0 saturated heterocycles. The Labute approximate surface area is 248 Å². The van der Waals surface area contributed by atoms with Crippen LogP contribution in [-0.2, 0) is 30.3 Å². The van der Waals surface area contributed by atoms with E-state index in [2.05, 4.69) is 10.6 Å². The van der Waals surface area contributed by atoms with Crippen molar-refractivity contribution in [1.29, 1.82) is 5.26 Å². The summed E-state index contributed by atoms with van der Waals surface area (Å²) >= 11 is 0. The van der Waals surface area contributed by atoms with E-state index < -0.39 is 60.3 Å². The van der Waals surface area contributed by atoms with Crippen molar-refractivity contribution in [3.05, 3.63) is 70.8 Å². The van der Waals surface area contributed by atoms with Crippen LogP contribution >= 0.6 is 0 Å². The number of alkyl carbamates (subject to hydrolysis) is 1. The molecule has 0 radical (unpaired) electrons. The van der Waals surface area contributed by atoms with Crippen molar-refractivity contribution in [2.75, 3.05) is 13.1 Å². The van der Waals surface area contributed by atoms with Gasteiger partial charge in [0.1, 0.15) is 36.4 Å². The van der Waals surface area contributed by atoms with Crippen molar-refractivity contribution >= 4 is 23.9 Å². The number of nitrogens with zero attached hydrogens (tertiary/aromatic N) is 2. The Morgan fingerprint density at radius 3 is 2.10 bits per heavy atom. The standard InChI is InChI=1S/C32H42N4O6/c1-21-14-15-24(22(2)18-21)27(36(17-16-33)26(37)20-34-30(40)42-32(6,7)8)28(38)35-25(29(39)41-31(3,4)5)19-23-12-10-9-11-13-23/h9-15,18,25,27H,17,19-20H2,1-8H3,(H,34,40)(H,35,38). The molecule has 0 heterocycles. The monoisotopic (exact) mass is 578 g/mol. The van der Waals surface area contributed by atoms with Crippen LogP contribution in [0.2, 0.25) is 0 Å². The highest BCUT2D eigenvalue weighted by Crippen LogP contribution is 2.26. The van der Waals surface area contributed by atoms with Gasteiger partial charge in [-0.25, -0.2) is 9.59 Å². The van der Waals surface area contributed by atoms with Crippen LogP contribution in [0.4, 0.5) is 4.79 Å². The number of hydrogen-bond donors (Lipinski definition) is 2. The van der Waals surface area contributed by atoms with Gasteiger partial charge in [-0.3, -0.25) is 9.59 Å². The predicted octanol–water partition coefficient (Wildman–Crippen LogP) is 4.29. The van der Waals surface area contributed by atoms with Gasteiger partial charge in [0.15, 0.2) is 0 Å². The molecule has 2 unspecified atom stereocenters. The lowest BCUT2D eigenvalue weighted by molar-refractivity contribution is -0.159. The van der Waals surface area contributed by atoms with Crippen LogP contribution in [0.3, 0.4) is 0 Å². The first-order chi connectivity index (χ1) is 19.5. The Morgan fingerprint density at radius 2 is 1.55 bits per heavy atom. The quantitative estimate of drug-likeness (QED) is 0.317. The van der Waals surface area contributed by atoms with Gasteiger partial charge in [-0.05, 0) is 72.1 Å². The molecular formula is C32H42N4O6. The average Bonchev–Trinajstić information content (AvgIpc) is 2.86. The summed E-state index contributed by atoms with van der Waals surface area (Å²) in [4.78, 5) is 54.1. The van der Waals surface area contributed by atoms with Gasteiger partial charge in [0.2, 0.25) is 11.8 Å². The number of nitriles is 1. The van der Waals surface area contributed by atoms with Crippen LogP contribution in [-0.4, -0.2) is 59.1 Å². The molecule has 10 nitrogen and oxygen atoms in total. The predicted molar refractivity (Wildman–Crippen MR) is 158 cm³/mol. The number of amides is 3. The van der Waals surface area contributed by atoms with E-state index in [1.807, 2.05) is 49.4 Å². The highest BCUT2D eigenvalue weighted by molar-refractivity contribution is 5.93. The molecule has 226 valence electrons. The van der Waals surface area contributed by atoms with Gasteiger partial charge < -0.3 is 25.0 Å². The zero-order chi connectivity index (χ0) is 31.7. The van der Waals surface area contributed by atoms with E-state index in [0.717, 1.165) is 16.0 Å². The van der Waals surface area contributed by atoms with Crippen molar-refractivity contribution in [1.82, 2.24) is 15.5 Å². The van der Waals surface area contributed by atoms with Gasteiger partial charge in [0.25, 0.3) is 0 Å². The molecule has 2 atom stereocenters. The SMILES string of the molecule is Cc1ccc(C(C(=O)NC(Cc2ccccc2)C(=O)OC(C)(C)C)N(CC#N)C(=O)CNC(=O)OC(C)(C)C)c(C)c1. The number of ether oxygens (including phenoxy) is 2. The number of esters is 1. The van der Waals surface area contributed by atoms with E-state index in [9.17, 15) is 24.4 Å². The number of nitrogens with one attached hydrogen (secondary N) is 2. The summed E-state index contributed by atoms with van der Waals surface area (Å²) in [6, 6.07) is 14.1. The molecule has 0 aliphatic heterocycles. The molecule has 0 aliphatic rings. The Morgan fingerprint density at radius 1 is 0.929 bits per heavy atom. The number of rotatable bonds is 10. The fraction of sp³-hybridized carbons (Fsp3) is 0.469. The first kappa shape index (κ1) is 33.8. The Hall–Kier alpha value is -4.39. The van der Waals surface area contributed by atoms with Gasteiger partial charge in [-0.2, -0.15) is 5.26 Å². The molecule has 2 aromatic rings. The molecule has 2 aromatic carbocycles. The third-order valence-electron chi connectivity index (χ3n) is 5.91. The van der Waals surface area contributed by atoms with Gasteiger partial charge >= 0.3 is 12.1 Å². The van der Waals surface area contributed by atoms with Crippen LogP contribution in [0.15, 0.2) is 48.5 Å². The average molecular weight is 579 g/mol. The van der Waals surface area contributed by atoms with Crippen molar-refractivity contribution in [2.45, 2.75) is 85.1 Å². The number of benzene rings is 2. The number of aryl methyl sites for hydroxylation is 2. The number of hydrogen-bond acceptors (Lipinski definition) is 7. The fourth-order valence-electron chi connectivity index (χ4n) is 4.21. The summed E-state index contributed by atoms with van der Waals surface area (Å²) in [5, 5.41) is 14.8. The smallest absolute Gasteiger partial charge is 0.408 e. The van der Waals surface area contributed by atoms with Gasteiger partial charge in [0.05, 0.1) is 6.07 Å². The normalized spacial score (nSPS) is 12.7. The maximum atomic E-state index is 14.1. The second-order valence-corrected chi connectivity index (χ2v) is 12.1. The zero-order valence-electron chi connectivity index (χ0n) is 25.7. The lowest BCUT2D eigenvalue weighted by Crippen LogP contribution is -2.52. The van der Waals surface area contributed by atoms with Gasteiger partial charge in [-0.15, -0.1) is 0 Å². The van der Waals surface area contributed by atoms with Gasteiger partial charge in [0, 0.05) is 6.42 Å². The molecule has 0 saturated carbocycles. The number of carbonyl (C=O) groups is 4. The minimum Gasteiger partial charge on any atom is -0.458 e. The lowest BCUT2D eigenvalue weighted by atomic mass is 9.96. The maximum Gasteiger partial charge on any atom is 0.408 e. The number of carbonyl (C=O) groups excluding carboxylic acids is 4. The van der Waals surface area contributed by atoms with E-state index in [1.165, 1.54) is 0 Å². The van der Waals surface area contributed by atoms with Crippen LogP contribution in [0.1, 0.15) is 69.8 Å². The molecule has 0 spiro atoms. The minimum absolute atomic E-state index is 0.146. The minimum atomic E-state index is -1.28. The van der Waals surface area contributed by atoms with Crippen molar-refractivity contribution in [3.63, 3.8) is 0 Å². The van der Waals surface area contributed by atoms with E-state index >= 15 is 0 Å². The summed E-state index contributed by atoms with van der Waals surface area (Å²) in [5.41, 5.74) is 1.33. The first-order valence-corrected chi connectivity index (χ1v) is 13.8. The van der Waals surface area contributed by atoms with Crippen molar-refractivity contribution in [3.8, 4) is 6.07 Å². The molecule has 2 N–H and O–H groups in total. The molecule has 0 fully saturated rings. The zero-order valence-corrected chi connectivity index (χ0v) is 25.7. The second kappa shape index (κ2) is 14.5. The first-order valence-electron chi connectivity index (χ1n) is 13.8. The third-order valence-corrected chi connectivity index (χ3v) is 5.91. The van der Waals surface area contributed by atoms with E-state index in [0.29, 0.717) is 11.1 Å².